The van der Waals surface area contributed by atoms with Crippen LogP contribution in [0.1, 0.15) is 30.5 Å². The molecule has 0 spiro atoms. The van der Waals surface area contributed by atoms with Crippen molar-refractivity contribution in [1.82, 2.24) is 5.43 Å². The van der Waals surface area contributed by atoms with E-state index >= 15 is 0 Å². The van der Waals surface area contributed by atoms with Crippen molar-refractivity contribution >= 4 is 41.7 Å². The van der Waals surface area contributed by atoms with Gasteiger partial charge in [0, 0.05) is 24.2 Å². The zero-order valence-corrected chi connectivity index (χ0v) is 22.0. The normalized spacial score (nSPS) is 18.3. The van der Waals surface area contributed by atoms with Crippen LogP contribution in [-0.4, -0.2) is 61.2 Å². The highest BCUT2D eigenvalue weighted by molar-refractivity contribution is 7.74. The predicted molar refractivity (Wildman–Crippen MR) is 138 cm³/mol. The number of nitriles is 1. The van der Waals surface area contributed by atoms with Gasteiger partial charge in [-0.2, -0.15) is 10.5 Å². The summed E-state index contributed by atoms with van der Waals surface area (Å²) in [6.07, 6.45) is -0.0623. The van der Waals surface area contributed by atoms with Gasteiger partial charge in [0.25, 0.3) is 0 Å². The van der Waals surface area contributed by atoms with Crippen molar-refractivity contribution in [3.05, 3.63) is 58.1 Å². The van der Waals surface area contributed by atoms with Crippen LogP contribution in [-0.2, 0) is 10.2 Å². The summed E-state index contributed by atoms with van der Waals surface area (Å²) in [7, 11) is 1.53. The first-order valence-electron chi connectivity index (χ1n) is 11.0. The summed E-state index contributed by atoms with van der Waals surface area (Å²) >= 11 is 16.2. The van der Waals surface area contributed by atoms with Crippen LogP contribution in [0.3, 0.4) is 0 Å². The predicted octanol–water partition coefficient (Wildman–Crippen LogP) is 4.55. The third kappa shape index (κ3) is 6.70. The molecule has 2 atom stereocenters. The van der Waals surface area contributed by atoms with Crippen LogP contribution in [0, 0.1) is 11.3 Å². The lowest BCUT2D eigenvalue weighted by molar-refractivity contribution is -1.01. The van der Waals surface area contributed by atoms with Crippen molar-refractivity contribution in [1.29, 1.82) is 5.26 Å². The number of morpholine rings is 1. The number of benzene rings is 2. The van der Waals surface area contributed by atoms with Gasteiger partial charge in [0.1, 0.15) is 32.5 Å². The Labute approximate surface area is 216 Å². The molecule has 2 aromatic carbocycles. The fraction of sp³-hybridized carbons (Fsp3) is 0.458. The highest BCUT2D eigenvalue weighted by Crippen LogP contribution is 2.38. The Balaban J connectivity index is 1.77. The van der Waals surface area contributed by atoms with E-state index in [9.17, 15) is 10.5 Å². The highest BCUT2D eigenvalue weighted by atomic mass is 35.5. The van der Waals surface area contributed by atoms with E-state index in [2.05, 4.69) is 67.3 Å². The number of ether oxygens (including phenoxy) is 2. The number of hydrogen-bond donors (Lipinski definition) is 3. The molecular weight excluding hydrogens is 495 g/mol. The molecule has 1 aliphatic heterocycles. The van der Waals surface area contributed by atoms with Crippen LogP contribution in [0.5, 0.6) is 5.75 Å². The summed E-state index contributed by atoms with van der Waals surface area (Å²) in [6, 6.07) is 14.3. The van der Waals surface area contributed by atoms with Crippen molar-refractivity contribution in [2.45, 2.75) is 25.4 Å². The number of hydrogen-bond acceptors (Lipinski definition) is 7. The quantitative estimate of drug-likeness (QED) is 0.193. The maximum absolute atomic E-state index is 9.72. The SMILES string of the molecule is CC(C)(c1ccc(N2CCOC(CN[N+](C)(O)S)C2)cc1)c1cc(Cl)c(OCCCl)c(C#N)c1. The average Bonchev–Trinajstić information content (AvgIpc) is 2.81. The minimum absolute atomic E-state index is 0.0623. The molecule has 10 heteroatoms. The Bertz CT molecular complexity index is 1020. The average molecular weight is 527 g/mol. The summed E-state index contributed by atoms with van der Waals surface area (Å²) in [5, 5.41) is 19.7. The molecule has 0 bridgehead atoms. The Morgan fingerprint density at radius 3 is 2.65 bits per heavy atom. The van der Waals surface area contributed by atoms with Gasteiger partial charge in [-0.15, -0.1) is 17.0 Å². The van der Waals surface area contributed by atoms with Crippen LogP contribution < -0.4 is 15.1 Å². The van der Waals surface area contributed by atoms with E-state index in [1.807, 2.05) is 12.1 Å². The number of nitrogens with one attached hydrogen (secondary N) is 1. The molecular formula is C24H31Cl2N4O3S+. The monoisotopic (exact) mass is 525 g/mol. The first kappa shape index (κ1) is 26.9. The van der Waals surface area contributed by atoms with Gasteiger partial charge in [-0.05, 0) is 35.4 Å². The highest BCUT2D eigenvalue weighted by Gasteiger charge is 2.27. The van der Waals surface area contributed by atoms with Gasteiger partial charge in [-0.3, -0.25) is 0 Å². The molecule has 1 aliphatic rings. The summed E-state index contributed by atoms with van der Waals surface area (Å²) in [4.78, 5) is 2.26. The largest absolute Gasteiger partial charge is 0.489 e. The molecule has 2 aromatic rings. The smallest absolute Gasteiger partial charge is 0.155 e. The Morgan fingerprint density at radius 1 is 1.32 bits per heavy atom. The molecule has 1 heterocycles. The minimum atomic E-state index is -0.610. The fourth-order valence-corrected chi connectivity index (χ4v) is 4.37. The second kappa shape index (κ2) is 11.4. The Hall–Kier alpha value is -1.70. The van der Waals surface area contributed by atoms with Crippen LogP contribution in [0.15, 0.2) is 36.4 Å². The molecule has 3 rings (SSSR count). The number of anilines is 1. The number of nitrogens with zero attached hydrogens (tertiary/aromatic N) is 3. The van der Waals surface area contributed by atoms with Crippen molar-refractivity contribution in [2.75, 3.05) is 50.7 Å². The number of halogens is 2. The molecule has 0 amide bonds. The van der Waals surface area contributed by atoms with E-state index in [4.69, 9.17) is 32.7 Å². The van der Waals surface area contributed by atoms with Crippen LogP contribution in [0.4, 0.5) is 5.69 Å². The number of rotatable bonds is 9. The lowest BCUT2D eigenvalue weighted by Crippen LogP contribution is -2.52. The lowest BCUT2D eigenvalue weighted by atomic mass is 9.77. The van der Waals surface area contributed by atoms with Crippen molar-refractivity contribution < 1.29 is 18.8 Å². The van der Waals surface area contributed by atoms with Gasteiger partial charge in [0.2, 0.25) is 0 Å². The third-order valence-corrected chi connectivity index (χ3v) is 6.50. The van der Waals surface area contributed by atoms with Crippen molar-refractivity contribution in [3.63, 3.8) is 0 Å². The molecule has 1 fully saturated rings. The summed E-state index contributed by atoms with van der Waals surface area (Å²) < 4.78 is 10.8. The molecule has 2 unspecified atom stereocenters. The number of thiol groups is 1. The first-order valence-corrected chi connectivity index (χ1v) is 12.3. The molecule has 184 valence electrons. The molecule has 1 saturated heterocycles. The van der Waals surface area contributed by atoms with Gasteiger partial charge in [-0.25, -0.2) is 0 Å². The van der Waals surface area contributed by atoms with Crippen LogP contribution >= 0.6 is 36.0 Å². The van der Waals surface area contributed by atoms with Crippen LogP contribution in [0.25, 0.3) is 0 Å². The number of alkyl halides is 1. The van der Waals surface area contributed by atoms with Crippen LogP contribution in [0.2, 0.25) is 5.02 Å². The molecule has 0 saturated carbocycles. The van der Waals surface area contributed by atoms with E-state index in [1.165, 1.54) is 7.05 Å². The summed E-state index contributed by atoms with van der Waals surface area (Å²) in [5.41, 5.74) is 6.03. The van der Waals surface area contributed by atoms with Gasteiger partial charge in [-0.1, -0.05) is 41.7 Å². The van der Waals surface area contributed by atoms with E-state index < -0.39 is 4.16 Å². The zero-order chi connectivity index (χ0) is 24.9. The maximum Gasteiger partial charge on any atom is 0.155 e. The van der Waals surface area contributed by atoms with Gasteiger partial charge in [0.05, 0.1) is 35.7 Å². The van der Waals surface area contributed by atoms with Crippen molar-refractivity contribution in [3.8, 4) is 11.8 Å². The van der Waals surface area contributed by atoms with Gasteiger partial charge < -0.3 is 14.4 Å². The van der Waals surface area contributed by atoms with Crippen molar-refractivity contribution in [2.24, 2.45) is 0 Å². The fourth-order valence-electron chi connectivity index (χ4n) is 3.93. The molecule has 0 radical (unpaired) electrons. The number of quaternary nitrogens is 1. The summed E-state index contributed by atoms with van der Waals surface area (Å²) in [6.45, 7) is 7.06. The molecule has 0 aliphatic carbocycles. The maximum atomic E-state index is 9.72. The van der Waals surface area contributed by atoms with E-state index in [0.29, 0.717) is 41.9 Å². The lowest BCUT2D eigenvalue weighted by Gasteiger charge is -2.35. The third-order valence-electron chi connectivity index (χ3n) is 5.92. The Kier molecular flexibility index (Phi) is 8.98. The van der Waals surface area contributed by atoms with E-state index in [1.54, 1.807) is 0 Å². The molecule has 7 nitrogen and oxygen atoms in total. The Morgan fingerprint density at radius 2 is 2.03 bits per heavy atom. The first-order chi connectivity index (χ1) is 16.0. The second-order valence-electron chi connectivity index (χ2n) is 8.87. The van der Waals surface area contributed by atoms with Gasteiger partial charge in [0.15, 0.2) is 5.75 Å². The van der Waals surface area contributed by atoms with E-state index in [-0.39, 0.29) is 18.1 Å². The van der Waals surface area contributed by atoms with E-state index in [0.717, 1.165) is 23.4 Å². The zero-order valence-electron chi connectivity index (χ0n) is 19.6. The summed E-state index contributed by atoms with van der Waals surface area (Å²) in [5.74, 6) is 0.686. The van der Waals surface area contributed by atoms with Gasteiger partial charge >= 0.3 is 0 Å². The minimum Gasteiger partial charge on any atom is -0.489 e. The standard InChI is InChI=1S/C24H31Cl2N4O3S/c1-24(2,19-12-17(14-27)23(22(26)13-19)33-10-8-25)18-4-6-20(7-5-18)29-9-11-32-21(16-29)15-28-30(3,31)34/h4-7,12-13,21,28,31,34H,8-11,15-16H2,1-3H3/q+1. The molecule has 0 aromatic heterocycles. The molecule has 2 N–H and O–H groups in total. The second-order valence-corrected chi connectivity index (χ2v) is 10.4. The topological polar surface area (TPSA) is 77.8 Å². The molecule has 34 heavy (non-hydrogen) atoms. The number of hydroxylamine groups is 1.